The minimum absolute atomic E-state index is 0.183. The summed E-state index contributed by atoms with van der Waals surface area (Å²) >= 11 is 0. The summed E-state index contributed by atoms with van der Waals surface area (Å²) in [5.41, 5.74) is 6.05. The second-order valence-corrected chi connectivity index (χ2v) is 7.54. The smallest absolute Gasteiger partial charge is 0.262 e. The van der Waals surface area contributed by atoms with Crippen molar-refractivity contribution in [3.63, 3.8) is 0 Å². The second kappa shape index (κ2) is 9.95. The molecule has 168 valence electrons. The molecule has 2 aromatic carbocycles. The number of rotatable bonds is 8. The number of nitrogens with zero attached hydrogens (tertiary/aromatic N) is 2. The Hall–Kier alpha value is -3.88. The molecule has 0 saturated heterocycles. The van der Waals surface area contributed by atoms with E-state index in [-0.39, 0.29) is 23.3 Å². The van der Waals surface area contributed by atoms with Gasteiger partial charge in [0.15, 0.2) is 0 Å². The van der Waals surface area contributed by atoms with E-state index >= 15 is 0 Å². The maximum atomic E-state index is 12.8. The largest absolute Gasteiger partial charge is 0.497 e. The van der Waals surface area contributed by atoms with Crippen LogP contribution < -0.4 is 26.5 Å². The summed E-state index contributed by atoms with van der Waals surface area (Å²) in [4.78, 5) is 42.6. The van der Waals surface area contributed by atoms with E-state index in [0.29, 0.717) is 28.8 Å². The number of para-hydroxylation sites is 1. The van der Waals surface area contributed by atoms with E-state index in [1.165, 1.54) is 4.57 Å². The third kappa shape index (κ3) is 4.88. The van der Waals surface area contributed by atoms with Gasteiger partial charge in [0.05, 0.1) is 18.0 Å². The maximum Gasteiger partial charge on any atom is 0.262 e. The van der Waals surface area contributed by atoms with Crippen LogP contribution in [-0.2, 0) is 11.3 Å². The average molecular weight is 438 g/mol. The van der Waals surface area contributed by atoms with Gasteiger partial charge in [-0.25, -0.2) is 4.98 Å². The molecule has 0 saturated carbocycles. The molecule has 0 aliphatic carbocycles. The number of hydrazine groups is 1. The molecule has 0 radical (unpaired) electrons. The number of fused-ring (bicyclic) bond motifs is 1. The molecule has 0 aliphatic heterocycles. The zero-order chi connectivity index (χ0) is 23.3. The Kier molecular flexibility index (Phi) is 7.09. The van der Waals surface area contributed by atoms with Crippen molar-refractivity contribution in [2.45, 2.75) is 33.4 Å². The Balaban J connectivity index is 1.75. The van der Waals surface area contributed by atoms with Gasteiger partial charge >= 0.3 is 0 Å². The highest BCUT2D eigenvalue weighted by Crippen LogP contribution is 2.13. The van der Waals surface area contributed by atoms with Gasteiger partial charge in [-0.1, -0.05) is 26.0 Å². The van der Waals surface area contributed by atoms with Crippen molar-refractivity contribution < 1.29 is 14.3 Å². The number of anilines is 1. The van der Waals surface area contributed by atoms with Crippen LogP contribution in [0.2, 0.25) is 0 Å². The van der Waals surface area contributed by atoms with E-state index in [4.69, 9.17) is 4.74 Å². The summed E-state index contributed by atoms with van der Waals surface area (Å²) in [6, 6.07) is 12.8. The molecule has 1 unspecified atom stereocenters. The van der Waals surface area contributed by atoms with Crippen molar-refractivity contribution in [1.82, 2.24) is 20.3 Å². The Labute approximate surface area is 185 Å². The fourth-order valence-corrected chi connectivity index (χ4v) is 3.25. The first-order chi connectivity index (χ1) is 15.3. The third-order valence-corrected chi connectivity index (χ3v) is 5.06. The van der Waals surface area contributed by atoms with E-state index in [1.54, 1.807) is 55.6 Å². The molecule has 3 N–H and O–H groups in total. The van der Waals surface area contributed by atoms with Crippen LogP contribution in [-0.4, -0.2) is 34.5 Å². The van der Waals surface area contributed by atoms with Crippen LogP contribution in [0.1, 0.15) is 31.1 Å². The van der Waals surface area contributed by atoms with Crippen molar-refractivity contribution in [3.05, 3.63) is 64.4 Å². The molecule has 3 rings (SSSR count). The predicted octanol–water partition coefficient (Wildman–Crippen LogP) is 2.32. The molecule has 1 aromatic heterocycles. The fraction of sp³-hybridized carbons (Fsp3) is 0.304. The SMILES string of the molecule is CCn1c(NNC(=O)C(NC(=O)c2ccc(OC)cc2)C(C)C)nc2ccccc2c1=O. The van der Waals surface area contributed by atoms with Crippen molar-refractivity contribution in [1.29, 1.82) is 0 Å². The minimum atomic E-state index is -0.806. The summed E-state index contributed by atoms with van der Waals surface area (Å²) in [5.74, 6) is -0.165. The first-order valence-electron chi connectivity index (χ1n) is 10.4. The topological polar surface area (TPSA) is 114 Å². The zero-order valence-electron chi connectivity index (χ0n) is 18.5. The lowest BCUT2D eigenvalue weighted by atomic mass is 10.0. The summed E-state index contributed by atoms with van der Waals surface area (Å²) in [7, 11) is 1.55. The van der Waals surface area contributed by atoms with E-state index in [1.807, 2.05) is 20.8 Å². The van der Waals surface area contributed by atoms with Crippen molar-refractivity contribution >= 4 is 28.7 Å². The maximum absolute atomic E-state index is 12.8. The van der Waals surface area contributed by atoms with Crippen LogP contribution >= 0.6 is 0 Å². The number of amides is 2. The fourth-order valence-electron chi connectivity index (χ4n) is 3.25. The highest BCUT2D eigenvalue weighted by Gasteiger charge is 2.25. The summed E-state index contributed by atoms with van der Waals surface area (Å²) in [6.45, 7) is 5.84. The van der Waals surface area contributed by atoms with Crippen molar-refractivity contribution in [2.75, 3.05) is 12.5 Å². The number of aromatic nitrogens is 2. The van der Waals surface area contributed by atoms with Crippen LogP contribution in [0.5, 0.6) is 5.75 Å². The summed E-state index contributed by atoms with van der Waals surface area (Å²) < 4.78 is 6.53. The highest BCUT2D eigenvalue weighted by atomic mass is 16.5. The van der Waals surface area contributed by atoms with Gasteiger partial charge in [0.2, 0.25) is 5.95 Å². The van der Waals surface area contributed by atoms with Gasteiger partial charge in [0.25, 0.3) is 17.4 Å². The molecule has 0 aliphatic rings. The molecular formula is C23H27N5O4. The molecule has 1 heterocycles. The number of carbonyl (C=O) groups is 2. The molecule has 32 heavy (non-hydrogen) atoms. The van der Waals surface area contributed by atoms with Crippen LogP contribution in [0, 0.1) is 5.92 Å². The van der Waals surface area contributed by atoms with Crippen molar-refractivity contribution in [2.24, 2.45) is 5.92 Å². The van der Waals surface area contributed by atoms with E-state index in [2.05, 4.69) is 21.2 Å². The highest BCUT2D eigenvalue weighted by molar-refractivity contribution is 5.97. The molecule has 1 atom stereocenters. The lowest BCUT2D eigenvalue weighted by molar-refractivity contribution is -0.123. The average Bonchev–Trinajstić information content (AvgIpc) is 2.80. The standard InChI is InChI=1S/C23H27N5O4/c1-5-28-22(31)17-8-6-7-9-18(17)24-23(28)27-26-21(30)19(14(2)3)25-20(29)15-10-12-16(32-4)13-11-15/h6-14,19H,5H2,1-4H3,(H,24,27)(H,25,29)(H,26,30). The zero-order valence-corrected chi connectivity index (χ0v) is 18.5. The Morgan fingerprint density at radius 1 is 1.09 bits per heavy atom. The van der Waals surface area contributed by atoms with Crippen LogP contribution in [0.25, 0.3) is 10.9 Å². The number of ether oxygens (including phenoxy) is 1. The first-order valence-corrected chi connectivity index (χ1v) is 10.4. The molecule has 0 bridgehead atoms. The third-order valence-electron chi connectivity index (χ3n) is 5.06. The van der Waals surface area contributed by atoms with Crippen LogP contribution in [0.15, 0.2) is 53.3 Å². The second-order valence-electron chi connectivity index (χ2n) is 7.54. The minimum Gasteiger partial charge on any atom is -0.497 e. The van der Waals surface area contributed by atoms with E-state index in [0.717, 1.165) is 0 Å². The van der Waals surface area contributed by atoms with Gasteiger partial charge in [-0.2, -0.15) is 0 Å². The van der Waals surface area contributed by atoms with E-state index in [9.17, 15) is 14.4 Å². The molecule has 0 spiro atoms. The first kappa shape index (κ1) is 22.8. The molecule has 3 aromatic rings. The summed E-state index contributed by atoms with van der Waals surface area (Å²) in [5, 5.41) is 3.25. The number of methoxy groups -OCH3 is 1. The Morgan fingerprint density at radius 2 is 1.78 bits per heavy atom. The van der Waals surface area contributed by atoms with Crippen molar-refractivity contribution in [3.8, 4) is 5.75 Å². The number of benzene rings is 2. The van der Waals surface area contributed by atoms with Gasteiger partial charge in [-0.05, 0) is 49.2 Å². The van der Waals surface area contributed by atoms with Crippen LogP contribution in [0.4, 0.5) is 5.95 Å². The number of hydrogen-bond donors (Lipinski definition) is 3. The number of carbonyl (C=O) groups excluding carboxylic acids is 2. The molecule has 0 fully saturated rings. The van der Waals surface area contributed by atoms with Crippen LogP contribution in [0.3, 0.4) is 0 Å². The molecule has 9 nitrogen and oxygen atoms in total. The molecular weight excluding hydrogens is 410 g/mol. The number of hydrogen-bond acceptors (Lipinski definition) is 6. The summed E-state index contributed by atoms with van der Waals surface area (Å²) in [6.07, 6.45) is 0. The van der Waals surface area contributed by atoms with E-state index < -0.39 is 11.9 Å². The lowest BCUT2D eigenvalue weighted by Gasteiger charge is -2.22. The van der Waals surface area contributed by atoms with Gasteiger partial charge in [0, 0.05) is 12.1 Å². The monoisotopic (exact) mass is 437 g/mol. The molecule has 9 heteroatoms. The van der Waals surface area contributed by atoms with Gasteiger partial charge in [-0.15, -0.1) is 0 Å². The van der Waals surface area contributed by atoms with Gasteiger partial charge in [0.1, 0.15) is 11.8 Å². The Morgan fingerprint density at radius 3 is 2.41 bits per heavy atom. The Bertz CT molecular complexity index is 1170. The number of nitrogens with one attached hydrogen (secondary N) is 3. The lowest BCUT2D eigenvalue weighted by Crippen LogP contribution is -2.51. The van der Waals surface area contributed by atoms with Gasteiger partial charge in [-0.3, -0.25) is 29.8 Å². The van der Waals surface area contributed by atoms with Gasteiger partial charge < -0.3 is 10.1 Å². The predicted molar refractivity (Wildman–Crippen MR) is 123 cm³/mol. The normalized spacial score (nSPS) is 11.8. The quantitative estimate of drug-likeness (QED) is 0.466. The molecule has 2 amide bonds.